The second kappa shape index (κ2) is 7.12. The molecule has 1 amide bonds. The van der Waals surface area contributed by atoms with Gasteiger partial charge in [0.15, 0.2) is 0 Å². The number of carbonyl (C=O) groups is 1. The van der Waals surface area contributed by atoms with Crippen LogP contribution in [-0.2, 0) is 11.2 Å². The number of anilines is 2. The SMILES string of the molecule is Nc1nc(N2CCN(C(=O)CCc3cccnc3)CC2)cc(=O)[nH]1. The van der Waals surface area contributed by atoms with Crippen molar-refractivity contribution in [3.8, 4) is 0 Å². The standard InChI is InChI=1S/C16H20N6O2/c17-16-19-13(10-14(23)20-16)21-6-8-22(9-7-21)15(24)4-3-12-2-1-5-18-11-12/h1-2,5,10-11H,3-4,6-9H2,(H3,17,19,20,23). The fourth-order valence-corrected chi connectivity index (χ4v) is 2.77. The van der Waals surface area contributed by atoms with Crippen LogP contribution in [0.25, 0.3) is 0 Å². The molecule has 0 saturated carbocycles. The highest BCUT2D eigenvalue weighted by atomic mass is 16.2. The minimum absolute atomic E-state index is 0.104. The smallest absolute Gasteiger partial charge is 0.254 e. The molecular formula is C16H20N6O2. The van der Waals surface area contributed by atoms with Gasteiger partial charge in [0.2, 0.25) is 11.9 Å². The van der Waals surface area contributed by atoms with Crippen molar-refractivity contribution in [2.24, 2.45) is 0 Å². The first-order chi connectivity index (χ1) is 11.6. The van der Waals surface area contributed by atoms with Crippen molar-refractivity contribution < 1.29 is 4.79 Å². The molecule has 8 nitrogen and oxygen atoms in total. The molecule has 0 bridgehead atoms. The van der Waals surface area contributed by atoms with Gasteiger partial charge in [-0.2, -0.15) is 4.98 Å². The van der Waals surface area contributed by atoms with E-state index in [0.29, 0.717) is 44.8 Å². The molecule has 0 spiro atoms. The quantitative estimate of drug-likeness (QED) is 0.820. The number of hydrogen-bond acceptors (Lipinski definition) is 6. The van der Waals surface area contributed by atoms with E-state index in [1.54, 1.807) is 12.4 Å². The summed E-state index contributed by atoms with van der Waals surface area (Å²) in [5.74, 6) is 0.795. The Balaban J connectivity index is 1.53. The van der Waals surface area contributed by atoms with Crippen molar-refractivity contribution in [1.29, 1.82) is 0 Å². The zero-order valence-electron chi connectivity index (χ0n) is 13.3. The molecule has 3 N–H and O–H groups in total. The number of nitrogens with two attached hydrogens (primary N) is 1. The lowest BCUT2D eigenvalue weighted by Gasteiger charge is -2.35. The van der Waals surface area contributed by atoms with Gasteiger partial charge in [0.05, 0.1) is 0 Å². The maximum absolute atomic E-state index is 12.3. The normalized spacial score (nSPS) is 14.7. The Hall–Kier alpha value is -2.90. The summed E-state index contributed by atoms with van der Waals surface area (Å²) in [6, 6.07) is 5.27. The third-order valence-corrected chi connectivity index (χ3v) is 4.05. The number of aromatic amines is 1. The number of carbonyl (C=O) groups excluding carboxylic acids is 1. The van der Waals surface area contributed by atoms with E-state index in [1.807, 2.05) is 21.9 Å². The zero-order valence-corrected chi connectivity index (χ0v) is 13.3. The van der Waals surface area contributed by atoms with Gasteiger partial charge in [-0.3, -0.25) is 19.6 Å². The first kappa shape index (κ1) is 16.0. The Morgan fingerprint density at radius 2 is 2.08 bits per heavy atom. The molecule has 0 atom stereocenters. The Kier molecular flexibility index (Phi) is 4.74. The van der Waals surface area contributed by atoms with Crippen molar-refractivity contribution in [3.63, 3.8) is 0 Å². The van der Waals surface area contributed by atoms with Crippen LogP contribution in [-0.4, -0.2) is 51.9 Å². The number of hydrogen-bond donors (Lipinski definition) is 2. The van der Waals surface area contributed by atoms with Crippen LogP contribution < -0.4 is 16.2 Å². The van der Waals surface area contributed by atoms with Crippen molar-refractivity contribution in [1.82, 2.24) is 19.9 Å². The lowest BCUT2D eigenvalue weighted by atomic mass is 10.1. The average Bonchev–Trinajstić information content (AvgIpc) is 2.60. The lowest BCUT2D eigenvalue weighted by molar-refractivity contribution is -0.131. The molecule has 2 aromatic rings. The van der Waals surface area contributed by atoms with Gasteiger partial charge in [-0.25, -0.2) is 0 Å². The number of pyridine rings is 1. The first-order valence-electron chi connectivity index (χ1n) is 7.90. The highest BCUT2D eigenvalue weighted by Gasteiger charge is 2.22. The molecule has 3 heterocycles. The van der Waals surface area contributed by atoms with Gasteiger partial charge in [-0.05, 0) is 18.1 Å². The highest BCUT2D eigenvalue weighted by Crippen LogP contribution is 2.13. The average molecular weight is 328 g/mol. The van der Waals surface area contributed by atoms with Gasteiger partial charge in [0.1, 0.15) is 5.82 Å². The number of aromatic nitrogens is 3. The highest BCUT2D eigenvalue weighted by molar-refractivity contribution is 5.76. The van der Waals surface area contributed by atoms with E-state index in [2.05, 4.69) is 15.0 Å². The second-order valence-electron chi connectivity index (χ2n) is 5.72. The van der Waals surface area contributed by atoms with Crippen LogP contribution in [0.15, 0.2) is 35.4 Å². The van der Waals surface area contributed by atoms with Crippen LogP contribution in [0.4, 0.5) is 11.8 Å². The van der Waals surface area contributed by atoms with Crippen molar-refractivity contribution in [2.75, 3.05) is 36.8 Å². The molecule has 0 radical (unpaired) electrons. The Bertz CT molecular complexity index is 753. The van der Waals surface area contributed by atoms with E-state index in [0.717, 1.165) is 5.56 Å². The third-order valence-electron chi connectivity index (χ3n) is 4.05. The van der Waals surface area contributed by atoms with E-state index >= 15 is 0 Å². The molecule has 1 fully saturated rings. The Morgan fingerprint density at radius 3 is 2.75 bits per heavy atom. The van der Waals surface area contributed by atoms with E-state index < -0.39 is 0 Å². The summed E-state index contributed by atoms with van der Waals surface area (Å²) in [5.41, 5.74) is 6.37. The summed E-state index contributed by atoms with van der Waals surface area (Å²) < 4.78 is 0. The fraction of sp³-hybridized carbons (Fsp3) is 0.375. The molecule has 0 aromatic carbocycles. The molecular weight excluding hydrogens is 308 g/mol. The predicted octanol–water partition coefficient (Wildman–Crippen LogP) is 0.0285. The summed E-state index contributed by atoms with van der Waals surface area (Å²) >= 11 is 0. The summed E-state index contributed by atoms with van der Waals surface area (Å²) in [4.78, 5) is 38.2. The summed E-state index contributed by atoms with van der Waals surface area (Å²) in [7, 11) is 0. The maximum atomic E-state index is 12.3. The number of nitrogen functional groups attached to an aromatic ring is 1. The van der Waals surface area contributed by atoms with Crippen LogP contribution in [0.5, 0.6) is 0 Å². The largest absolute Gasteiger partial charge is 0.369 e. The van der Waals surface area contributed by atoms with Crippen LogP contribution in [0.2, 0.25) is 0 Å². The molecule has 0 aliphatic carbocycles. The van der Waals surface area contributed by atoms with Gasteiger partial charge >= 0.3 is 0 Å². The van der Waals surface area contributed by atoms with E-state index in [4.69, 9.17) is 5.73 Å². The first-order valence-corrected chi connectivity index (χ1v) is 7.90. The number of piperazine rings is 1. The molecule has 24 heavy (non-hydrogen) atoms. The summed E-state index contributed by atoms with van der Waals surface area (Å²) in [6.07, 6.45) is 4.68. The minimum atomic E-state index is -0.271. The number of nitrogens with zero attached hydrogens (tertiary/aromatic N) is 4. The molecule has 126 valence electrons. The molecule has 2 aromatic heterocycles. The number of nitrogens with one attached hydrogen (secondary N) is 1. The van der Waals surface area contributed by atoms with Crippen LogP contribution in [0, 0.1) is 0 Å². The van der Waals surface area contributed by atoms with E-state index in [1.165, 1.54) is 6.07 Å². The topological polar surface area (TPSA) is 108 Å². The van der Waals surface area contributed by atoms with Gasteiger partial charge in [0.25, 0.3) is 5.56 Å². The third kappa shape index (κ3) is 3.89. The second-order valence-corrected chi connectivity index (χ2v) is 5.72. The van der Waals surface area contributed by atoms with Crippen LogP contribution in [0.1, 0.15) is 12.0 Å². The number of aryl methyl sites for hydroxylation is 1. The lowest BCUT2D eigenvalue weighted by Crippen LogP contribution is -2.49. The minimum Gasteiger partial charge on any atom is -0.369 e. The fourth-order valence-electron chi connectivity index (χ4n) is 2.77. The Labute approximate surface area is 139 Å². The van der Waals surface area contributed by atoms with E-state index in [-0.39, 0.29) is 17.4 Å². The summed E-state index contributed by atoms with van der Waals surface area (Å²) in [6.45, 7) is 2.49. The monoisotopic (exact) mass is 328 g/mol. The number of amides is 1. The predicted molar refractivity (Wildman–Crippen MR) is 90.6 cm³/mol. The molecule has 1 aliphatic rings. The van der Waals surface area contributed by atoms with Gasteiger partial charge in [0, 0.05) is 51.1 Å². The van der Waals surface area contributed by atoms with Crippen molar-refractivity contribution in [3.05, 3.63) is 46.5 Å². The van der Waals surface area contributed by atoms with E-state index in [9.17, 15) is 9.59 Å². The molecule has 0 unspecified atom stereocenters. The van der Waals surface area contributed by atoms with Crippen LogP contribution >= 0.6 is 0 Å². The molecule has 3 rings (SSSR count). The molecule has 1 aliphatic heterocycles. The van der Waals surface area contributed by atoms with Crippen LogP contribution in [0.3, 0.4) is 0 Å². The molecule has 8 heteroatoms. The van der Waals surface area contributed by atoms with Gasteiger partial charge < -0.3 is 15.5 Å². The number of rotatable bonds is 4. The summed E-state index contributed by atoms with van der Waals surface area (Å²) in [5, 5.41) is 0. The van der Waals surface area contributed by atoms with Crippen molar-refractivity contribution >= 4 is 17.7 Å². The Morgan fingerprint density at radius 1 is 1.29 bits per heavy atom. The number of H-pyrrole nitrogens is 1. The maximum Gasteiger partial charge on any atom is 0.254 e. The van der Waals surface area contributed by atoms with Gasteiger partial charge in [-0.1, -0.05) is 6.07 Å². The zero-order chi connectivity index (χ0) is 16.9. The van der Waals surface area contributed by atoms with Gasteiger partial charge in [-0.15, -0.1) is 0 Å². The molecule has 1 saturated heterocycles. The van der Waals surface area contributed by atoms with Crippen molar-refractivity contribution in [2.45, 2.75) is 12.8 Å².